The van der Waals surface area contributed by atoms with Gasteiger partial charge in [-0.3, -0.25) is 0 Å². The van der Waals surface area contributed by atoms with Crippen LogP contribution in [0.25, 0.3) is 0 Å². The number of rotatable bonds is 6. The lowest BCUT2D eigenvalue weighted by Gasteiger charge is -2.01. The number of anilines is 1. The molecule has 0 radical (unpaired) electrons. The van der Waals surface area contributed by atoms with Gasteiger partial charge in [0.25, 0.3) is 0 Å². The second-order valence-electron chi connectivity index (χ2n) is 2.34. The Labute approximate surface area is 89.8 Å². The lowest BCUT2D eigenvalue weighted by Crippen LogP contribution is -2.05. The SMILES string of the molecule is CCOCCCNc1nnc(Br)s1. The van der Waals surface area contributed by atoms with E-state index >= 15 is 0 Å². The van der Waals surface area contributed by atoms with Gasteiger partial charge in [-0.15, -0.1) is 10.2 Å². The molecule has 0 amide bonds. The molecule has 13 heavy (non-hydrogen) atoms. The van der Waals surface area contributed by atoms with E-state index in [1.54, 1.807) is 0 Å². The van der Waals surface area contributed by atoms with Crippen LogP contribution in [0.1, 0.15) is 13.3 Å². The minimum atomic E-state index is 0.782. The molecule has 1 rings (SSSR count). The summed E-state index contributed by atoms with van der Waals surface area (Å²) in [5, 5.41) is 11.7. The highest BCUT2D eigenvalue weighted by Gasteiger charge is 1.98. The lowest BCUT2D eigenvalue weighted by atomic mass is 10.4. The van der Waals surface area contributed by atoms with E-state index in [-0.39, 0.29) is 0 Å². The molecule has 1 aromatic rings. The van der Waals surface area contributed by atoms with Crippen molar-refractivity contribution in [1.29, 1.82) is 0 Å². The Kier molecular flexibility index (Phi) is 5.26. The second kappa shape index (κ2) is 6.28. The standard InChI is InChI=1S/C7H12BrN3OS/c1-2-12-5-3-4-9-7-11-10-6(8)13-7/h2-5H2,1H3,(H,9,11). The Morgan fingerprint density at radius 2 is 2.38 bits per heavy atom. The average molecular weight is 266 g/mol. The van der Waals surface area contributed by atoms with E-state index in [4.69, 9.17) is 4.74 Å². The molecule has 74 valence electrons. The summed E-state index contributed by atoms with van der Waals surface area (Å²) in [7, 11) is 0. The summed E-state index contributed by atoms with van der Waals surface area (Å²) in [5.41, 5.74) is 0. The Balaban J connectivity index is 2.06. The molecule has 0 saturated carbocycles. The van der Waals surface area contributed by atoms with Gasteiger partial charge in [-0.05, 0) is 29.3 Å². The highest BCUT2D eigenvalue weighted by Crippen LogP contribution is 2.19. The quantitative estimate of drug-likeness (QED) is 0.801. The molecule has 0 saturated heterocycles. The number of nitrogens with zero attached hydrogens (tertiary/aromatic N) is 2. The Morgan fingerprint density at radius 1 is 1.54 bits per heavy atom. The van der Waals surface area contributed by atoms with Crippen LogP contribution in [0.4, 0.5) is 5.13 Å². The minimum Gasteiger partial charge on any atom is -0.382 e. The van der Waals surface area contributed by atoms with E-state index < -0.39 is 0 Å². The second-order valence-corrected chi connectivity index (χ2v) is 4.59. The molecule has 0 fully saturated rings. The summed E-state index contributed by atoms with van der Waals surface area (Å²) < 4.78 is 6.00. The number of aromatic nitrogens is 2. The van der Waals surface area contributed by atoms with Gasteiger partial charge in [0.1, 0.15) is 0 Å². The maximum absolute atomic E-state index is 5.19. The fourth-order valence-corrected chi connectivity index (χ4v) is 1.83. The van der Waals surface area contributed by atoms with E-state index in [0.717, 1.165) is 35.2 Å². The number of halogens is 1. The fraction of sp³-hybridized carbons (Fsp3) is 0.714. The first-order chi connectivity index (χ1) is 6.33. The molecule has 0 aliphatic carbocycles. The predicted octanol–water partition coefficient (Wildman–Crippen LogP) is 2.14. The highest BCUT2D eigenvalue weighted by atomic mass is 79.9. The molecular weight excluding hydrogens is 254 g/mol. The molecule has 0 aliphatic heterocycles. The summed E-state index contributed by atoms with van der Waals surface area (Å²) >= 11 is 4.74. The van der Waals surface area contributed by atoms with Crippen LogP contribution in [0.15, 0.2) is 3.92 Å². The van der Waals surface area contributed by atoms with Gasteiger partial charge in [-0.1, -0.05) is 11.3 Å². The zero-order chi connectivity index (χ0) is 9.52. The van der Waals surface area contributed by atoms with Gasteiger partial charge in [0, 0.05) is 19.8 Å². The van der Waals surface area contributed by atoms with Crippen molar-refractivity contribution in [2.75, 3.05) is 25.1 Å². The number of ether oxygens (including phenoxy) is 1. The van der Waals surface area contributed by atoms with Crippen LogP contribution in [0.2, 0.25) is 0 Å². The molecule has 0 unspecified atom stereocenters. The van der Waals surface area contributed by atoms with Crippen LogP contribution >= 0.6 is 27.3 Å². The Bertz CT molecular complexity index is 243. The first kappa shape index (κ1) is 10.9. The molecule has 0 aliphatic rings. The summed E-state index contributed by atoms with van der Waals surface area (Å²) in [5.74, 6) is 0. The van der Waals surface area contributed by atoms with E-state index in [0.29, 0.717) is 0 Å². The van der Waals surface area contributed by atoms with Crippen molar-refractivity contribution in [3.63, 3.8) is 0 Å². The molecule has 6 heteroatoms. The van der Waals surface area contributed by atoms with Crippen LogP contribution in [0, 0.1) is 0 Å². The zero-order valence-corrected chi connectivity index (χ0v) is 9.82. The van der Waals surface area contributed by atoms with Crippen LogP contribution in [0.5, 0.6) is 0 Å². The molecule has 4 nitrogen and oxygen atoms in total. The van der Waals surface area contributed by atoms with E-state index in [2.05, 4.69) is 31.4 Å². The van der Waals surface area contributed by atoms with E-state index in [9.17, 15) is 0 Å². The van der Waals surface area contributed by atoms with E-state index in [1.807, 2.05) is 6.92 Å². The molecule has 0 spiro atoms. The molecule has 1 N–H and O–H groups in total. The van der Waals surface area contributed by atoms with Crippen LogP contribution < -0.4 is 5.32 Å². The van der Waals surface area contributed by atoms with Crippen molar-refractivity contribution >= 4 is 32.4 Å². The maximum atomic E-state index is 5.19. The van der Waals surface area contributed by atoms with Crippen molar-refractivity contribution in [2.24, 2.45) is 0 Å². The molecule has 0 aromatic carbocycles. The lowest BCUT2D eigenvalue weighted by molar-refractivity contribution is 0.147. The van der Waals surface area contributed by atoms with Gasteiger partial charge >= 0.3 is 0 Å². The summed E-state index contributed by atoms with van der Waals surface area (Å²) in [4.78, 5) is 0. The Morgan fingerprint density at radius 3 is 3.00 bits per heavy atom. The molecule has 0 bridgehead atoms. The normalized spacial score (nSPS) is 10.3. The third-order valence-corrected chi connectivity index (χ3v) is 2.66. The van der Waals surface area contributed by atoms with E-state index in [1.165, 1.54) is 11.3 Å². The summed E-state index contributed by atoms with van der Waals surface area (Å²) in [6, 6.07) is 0. The summed E-state index contributed by atoms with van der Waals surface area (Å²) in [6.45, 7) is 4.45. The topological polar surface area (TPSA) is 47.0 Å². The van der Waals surface area contributed by atoms with Gasteiger partial charge in [-0.25, -0.2) is 0 Å². The van der Waals surface area contributed by atoms with Crippen LogP contribution in [-0.4, -0.2) is 30.0 Å². The molecule has 1 aromatic heterocycles. The largest absolute Gasteiger partial charge is 0.382 e. The van der Waals surface area contributed by atoms with Crippen molar-refractivity contribution in [3.05, 3.63) is 3.92 Å². The van der Waals surface area contributed by atoms with Crippen molar-refractivity contribution in [3.8, 4) is 0 Å². The van der Waals surface area contributed by atoms with Crippen LogP contribution in [0.3, 0.4) is 0 Å². The number of nitrogens with one attached hydrogen (secondary N) is 1. The van der Waals surface area contributed by atoms with Crippen molar-refractivity contribution in [2.45, 2.75) is 13.3 Å². The molecule has 0 atom stereocenters. The minimum absolute atomic E-state index is 0.782. The maximum Gasteiger partial charge on any atom is 0.206 e. The average Bonchev–Trinajstić information content (AvgIpc) is 2.51. The third kappa shape index (κ3) is 4.54. The molecular formula is C7H12BrN3OS. The molecule has 1 heterocycles. The third-order valence-electron chi connectivity index (χ3n) is 1.35. The van der Waals surface area contributed by atoms with Gasteiger partial charge in [0.2, 0.25) is 5.13 Å². The number of hydrogen-bond donors (Lipinski definition) is 1. The zero-order valence-electron chi connectivity index (χ0n) is 7.42. The van der Waals surface area contributed by atoms with Gasteiger partial charge < -0.3 is 10.1 Å². The van der Waals surface area contributed by atoms with Crippen LogP contribution in [-0.2, 0) is 4.74 Å². The smallest absolute Gasteiger partial charge is 0.206 e. The highest BCUT2D eigenvalue weighted by molar-refractivity contribution is 9.11. The monoisotopic (exact) mass is 265 g/mol. The van der Waals surface area contributed by atoms with Gasteiger partial charge in [0.05, 0.1) is 0 Å². The van der Waals surface area contributed by atoms with Gasteiger partial charge in [-0.2, -0.15) is 0 Å². The fourth-order valence-electron chi connectivity index (χ4n) is 0.791. The first-order valence-electron chi connectivity index (χ1n) is 4.13. The summed E-state index contributed by atoms with van der Waals surface area (Å²) in [6.07, 6.45) is 0.991. The number of hydrogen-bond acceptors (Lipinski definition) is 5. The van der Waals surface area contributed by atoms with Crippen molar-refractivity contribution < 1.29 is 4.74 Å². The Hall–Kier alpha value is -0.200. The van der Waals surface area contributed by atoms with Gasteiger partial charge in [0.15, 0.2) is 3.92 Å². The first-order valence-corrected chi connectivity index (χ1v) is 5.74. The van der Waals surface area contributed by atoms with Crippen molar-refractivity contribution in [1.82, 2.24) is 10.2 Å². The predicted molar refractivity (Wildman–Crippen MR) is 57.2 cm³/mol.